The highest BCUT2D eigenvalue weighted by atomic mass is 16.5. The molecule has 0 radical (unpaired) electrons. The van der Waals surface area contributed by atoms with Crippen molar-refractivity contribution in [3.8, 4) is 11.5 Å². The van der Waals surface area contributed by atoms with Gasteiger partial charge in [0.1, 0.15) is 11.5 Å². The minimum Gasteiger partial charge on any atom is -0.497 e. The predicted octanol–water partition coefficient (Wildman–Crippen LogP) is 4.39. The van der Waals surface area contributed by atoms with Gasteiger partial charge in [-0.3, -0.25) is 10.2 Å². The number of amides is 1. The van der Waals surface area contributed by atoms with Crippen LogP contribution in [0.5, 0.6) is 11.5 Å². The van der Waals surface area contributed by atoms with Gasteiger partial charge in [-0.1, -0.05) is 54.6 Å². The molecule has 1 aliphatic heterocycles. The Balaban J connectivity index is 1.69. The monoisotopic (exact) mass is 586 g/mol. The van der Waals surface area contributed by atoms with Crippen LogP contribution in [0.15, 0.2) is 89.9 Å². The predicted molar refractivity (Wildman–Crippen MR) is 169 cm³/mol. The maximum absolute atomic E-state index is 14.1. The molecule has 0 aromatic heterocycles. The number of hydrogen-bond donors (Lipinski definition) is 3. The summed E-state index contributed by atoms with van der Waals surface area (Å²) >= 11 is 0. The standard InChI is InChI=1S/C34H42N4O5/c1-38(2)22-9-21-35-37-33(40)34(20-8-13-26-11-5-4-6-12-26)31(28-14-7-15-30(25-28)41-3)43-32(36-34)27-16-18-29(19-17-27)42-24-10-23-39/h4-8,11-19,25,31,35,39H,9-10,20-24H2,1-3H3,(H,37,40)/b13-8+/t31-,34-/m0/s1. The summed E-state index contributed by atoms with van der Waals surface area (Å²) in [5.74, 6) is 1.42. The van der Waals surface area contributed by atoms with E-state index in [1.54, 1.807) is 7.11 Å². The van der Waals surface area contributed by atoms with Crippen LogP contribution in [0.1, 0.15) is 42.1 Å². The van der Waals surface area contributed by atoms with Crippen LogP contribution in [0, 0.1) is 0 Å². The van der Waals surface area contributed by atoms with Crippen LogP contribution >= 0.6 is 0 Å². The van der Waals surface area contributed by atoms with Gasteiger partial charge in [0.25, 0.3) is 5.91 Å². The molecule has 1 heterocycles. The molecule has 0 unspecified atom stereocenters. The summed E-state index contributed by atoms with van der Waals surface area (Å²) in [6.45, 7) is 2.00. The van der Waals surface area contributed by atoms with Crippen LogP contribution in [-0.4, -0.2) is 74.9 Å². The van der Waals surface area contributed by atoms with Crippen molar-refractivity contribution < 1.29 is 24.1 Å². The highest BCUT2D eigenvalue weighted by Crippen LogP contribution is 2.43. The van der Waals surface area contributed by atoms with Gasteiger partial charge in [0.2, 0.25) is 5.90 Å². The van der Waals surface area contributed by atoms with Crippen molar-refractivity contribution >= 4 is 17.9 Å². The third-order valence-corrected chi connectivity index (χ3v) is 7.07. The lowest BCUT2D eigenvalue weighted by Crippen LogP contribution is -2.52. The van der Waals surface area contributed by atoms with E-state index in [2.05, 4.69) is 15.8 Å². The molecule has 3 aromatic carbocycles. The molecule has 3 aromatic rings. The van der Waals surface area contributed by atoms with Gasteiger partial charge >= 0.3 is 0 Å². The molecule has 228 valence electrons. The van der Waals surface area contributed by atoms with Crippen molar-refractivity contribution in [1.82, 2.24) is 15.8 Å². The maximum Gasteiger partial charge on any atom is 0.266 e. The number of rotatable bonds is 16. The van der Waals surface area contributed by atoms with Crippen LogP contribution in [0.4, 0.5) is 0 Å². The first-order valence-electron chi connectivity index (χ1n) is 14.6. The molecule has 4 rings (SSSR count). The van der Waals surface area contributed by atoms with E-state index in [9.17, 15) is 4.79 Å². The molecule has 0 aliphatic carbocycles. The Hall–Kier alpha value is -4.18. The average Bonchev–Trinajstić information content (AvgIpc) is 3.42. The number of nitrogens with zero attached hydrogens (tertiary/aromatic N) is 2. The Morgan fingerprint density at radius 1 is 1.05 bits per heavy atom. The fourth-order valence-corrected chi connectivity index (χ4v) is 4.79. The number of hydrogen-bond acceptors (Lipinski definition) is 8. The number of nitrogens with one attached hydrogen (secondary N) is 2. The fraction of sp³-hybridized carbons (Fsp3) is 0.353. The number of ether oxygens (including phenoxy) is 3. The van der Waals surface area contributed by atoms with Gasteiger partial charge < -0.3 is 24.2 Å². The van der Waals surface area contributed by atoms with Crippen molar-refractivity contribution in [2.75, 3.05) is 47.5 Å². The molecule has 0 spiro atoms. The number of carbonyl (C=O) groups is 1. The molecule has 1 amide bonds. The highest BCUT2D eigenvalue weighted by molar-refractivity contribution is 6.01. The summed E-state index contributed by atoms with van der Waals surface area (Å²) < 4.78 is 17.8. The number of hydrazine groups is 1. The van der Waals surface area contributed by atoms with Gasteiger partial charge in [-0.2, -0.15) is 0 Å². The zero-order valence-electron chi connectivity index (χ0n) is 25.2. The van der Waals surface area contributed by atoms with E-state index in [0.29, 0.717) is 43.4 Å². The molecule has 0 saturated heterocycles. The zero-order chi connectivity index (χ0) is 30.5. The van der Waals surface area contributed by atoms with E-state index < -0.39 is 11.6 Å². The Bertz CT molecular complexity index is 1360. The molecule has 9 heteroatoms. The van der Waals surface area contributed by atoms with Crippen LogP contribution in [0.2, 0.25) is 0 Å². The molecular formula is C34H42N4O5. The Morgan fingerprint density at radius 3 is 2.56 bits per heavy atom. The summed E-state index contributed by atoms with van der Waals surface area (Å²) in [7, 11) is 5.65. The molecule has 1 aliphatic rings. The van der Waals surface area contributed by atoms with E-state index in [-0.39, 0.29) is 12.5 Å². The van der Waals surface area contributed by atoms with Crippen molar-refractivity contribution in [3.63, 3.8) is 0 Å². The molecule has 3 N–H and O–H groups in total. The Kier molecular flexibility index (Phi) is 11.7. The van der Waals surface area contributed by atoms with Crippen molar-refractivity contribution in [2.24, 2.45) is 4.99 Å². The summed E-state index contributed by atoms with van der Waals surface area (Å²) in [4.78, 5) is 21.3. The second-order valence-electron chi connectivity index (χ2n) is 10.6. The lowest BCUT2D eigenvalue weighted by Gasteiger charge is -2.30. The average molecular weight is 587 g/mol. The number of methoxy groups -OCH3 is 1. The van der Waals surface area contributed by atoms with E-state index in [0.717, 1.165) is 29.7 Å². The Morgan fingerprint density at radius 2 is 1.84 bits per heavy atom. The molecular weight excluding hydrogens is 544 g/mol. The van der Waals surface area contributed by atoms with Gasteiger partial charge in [0.15, 0.2) is 11.6 Å². The molecule has 2 atom stereocenters. The summed E-state index contributed by atoms with van der Waals surface area (Å²) in [5.41, 5.74) is 7.24. The highest BCUT2D eigenvalue weighted by Gasteiger charge is 2.52. The van der Waals surface area contributed by atoms with Crippen molar-refractivity contribution in [1.29, 1.82) is 0 Å². The number of aliphatic hydroxyl groups is 1. The zero-order valence-corrected chi connectivity index (χ0v) is 25.2. The van der Waals surface area contributed by atoms with Gasteiger partial charge in [-0.05, 0) is 74.6 Å². The first-order valence-corrected chi connectivity index (χ1v) is 14.6. The minimum atomic E-state index is -1.31. The van der Waals surface area contributed by atoms with Crippen LogP contribution in [0.3, 0.4) is 0 Å². The molecule has 0 saturated carbocycles. The lowest BCUT2D eigenvalue weighted by molar-refractivity contribution is -0.129. The van der Waals surface area contributed by atoms with Gasteiger partial charge in [0.05, 0.1) is 13.7 Å². The quantitative estimate of drug-likeness (QED) is 0.169. The lowest BCUT2D eigenvalue weighted by atomic mass is 9.84. The summed E-state index contributed by atoms with van der Waals surface area (Å²) in [5, 5.41) is 9.04. The Labute approximate surface area is 254 Å². The van der Waals surface area contributed by atoms with Gasteiger partial charge in [-0.25, -0.2) is 10.4 Å². The fourth-order valence-electron chi connectivity index (χ4n) is 4.79. The SMILES string of the molecule is COc1cccc([C@@H]2OC(c3ccc(OCCCO)cc3)=N[C@]2(C/C=C/c2ccccc2)C(=O)NNCCCN(C)C)c1. The minimum absolute atomic E-state index is 0.0712. The number of carbonyl (C=O) groups excluding carboxylic acids is 1. The topological polar surface area (TPSA) is 105 Å². The van der Waals surface area contributed by atoms with Crippen LogP contribution in [0.25, 0.3) is 6.08 Å². The van der Waals surface area contributed by atoms with E-state index >= 15 is 0 Å². The third kappa shape index (κ3) is 8.67. The largest absolute Gasteiger partial charge is 0.497 e. The summed E-state index contributed by atoms with van der Waals surface area (Å²) in [6, 6.07) is 24.9. The number of benzene rings is 3. The van der Waals surface area contributed by atoms with Crippen molar-refractivity contribution in [2.45, 2.75) is 30.9 Å². The van der Waals surface area contributed by atoms with E-state index in [1.807, 2.05) is 105 Å². The smallest absolute Gasteiger partial charge is 0.266 e. The molecule has 0 fully saturated rings. The maximum atomic E-state index is 14.1. The first kappa shape index (κ1) is 31.7. The van der Waals surface area contributed by atoms with Gasteiger partial charge in [0, 0.05) is 31.6 Å². The molecule has 43 heavy (non-hydrogen) atoms. The second-order valence-corrected chi connectivity index (χ2v) is 10.6. The number of aliphatic imine (C=N–C) groups is 1. The molecule has 9 nitrogen and oxygen atoms in total. The van der Waals surface area contributed by atoms with Crippen molar-refractivity contribution in [3.05, 3.63) is 102 Å². The van der Waals surface area contributed by atoms with E-state index in [4.69, 9.17) is 24.3 Å². The normalized spacial score (nSPS) is 18.0. The second kappa shape index (κ2) is 15.9. The third-order valence-electron chi connectivity index (χ3n) is 7.07. The van der Waals surface area contributed by atoms with Gasteiger partial charge in [-0.15, -0.1) is 0 Å². The number of aliphatic hydroxyl groups excluding tert-OH is 1. The first-order chi connectivity index (χ1) is 20.9. The van der Waals surface area contributed by atoms with Crippen LogP contribution in [-0.2, 0) is 9.53 Å². The van der Waals surface area contributed by atoms with E-state index in [1.165, 1.54) is 0 Å². The molecule has 0 bridgehead atoms. The summed E-state index contributed by atoms with van der Waals surface area (Å²) in [6.07, 6.45) is 4.96. The van der Waals surface area contributed by atoms with Crippen LogP contribution < -0.4 is 20.3 Å².